The van der Waals surface area contributed by atoms with Gasteiger partial charge in [-0.1, -0.05) is 47.5 Å². The molecule has 0 aliphatic carbocycles. The second kappa shape index (κ2) is 9.77. The molecule has 0 saturated heterocycles. The molecule has 29 heavy (non-hydrogen) atoms. The molecule has 0 aliphatic rings. The van der Waals surface area contributed by atoms with Crippen molar-refractivity contribution in [2.75, 3.05) is 6.61 Å². The van der Waals surface area contributed by atoms with Crippen LogP contribution in [0.1, 0.15) is 23.6 Å². The number of aliphatic imine (C=N–C) groups is 1. The average Bonchev–Trinajstić information content (AvgIpc) is 2.69. The van der Waals surface area contributed by atoms with Crippen LogP contribution in [0.15, 0.2) is 59.6 Å². The number of rotatable bonds is 7. The molecule has 0 bridgehead atoms. The molecule has 0 amide bonds. The van der Waals surface area contributed by atoms with Crippen LogP contribution in [0, 0.1) is 12.7 Å². The molecule has 3 rings (SSSR count). The number of benzene rings is 3. The van der Waals surface area contributed by atoms with Gasteiger partial charge in [0.2, 0.25) is 0 Å². The minimum atomic E-state index is -0.331. The monoisotopic (exact) mass is 431 g/mol. The molecule has 3 nitrogen and oxygen atoms in total. The Morgan fingerprint density at radius 3 is 2.59 bits per heavy atom. The van der Waals surface area contributed by atoms with Gasteiger partial charge in [0, 0.05) is 16.8 Å². The first-order valence-electron chi connectivity index (χ1n) is 9.10. The van der Waals surface area contributed by atoms with Gasteiger partial charge in [-0.05, 0) is 55.3 Å². The van der Waals surface area contributed by atoms with E-state index in [2.05, 4.69) is 4.99 Å². The third-order valence-electron chi connectivity index (χ3n) is 4.19. The minimum Gasteiger partial charge on any atom is -0.490 e. The zero-order valence-corrected chi connectivity index (χ0v) is 17.6. The third-order valence-corrected chi connectivity index (χ3v) is 4.70. The van der Waals surface area contributed by atoms with E-state index in [9.17, 15) is 4.39 Å². The molecule has 0 spiro atoms. The average molecular weight is 432 g/mol. The van der Waals surface area contributed by atoms with Crippen molar-refractivity contribution in [2.24, 2.45) is 4.99 Å². The van der Waals surface area contributed by atoms with E-state index in [0.717, 1.165) is 16.8 Å². The molecule has 3 aromatic carbocycles. The summed E-state index contributed by atoms with van der Waals surface area (Å²) in [6.07, 6.45) is 1.69. The minimum absolute atomic E-state index is 0.0433. The van der Waals surface area contributed by atoms with Gasteiger partial charge >= 0.3 is 0 Å². The maximum atomic E-state index is 13.9. The van der Waals surface area contributed by atoms with Gasteiger partial charge in [0.25, 0.3) is 0 Å². The van der Waals surface area contributed by atoms with Crippen molar-refractivity contribution in [1.82, 2.24) is 0 Å². The van der Waals surface area contributed by atoms with Crippen LogP contribution in [0.5, 0.6) is 11.5 Å². The standard InChI is InChI=1S/C23H20Cl2FNO2/c1-3-28-22-11-16(13-27-21-12-18(24)9-8-15(21)2)10-19(25)23(22)29-14-17-6-4-5-7-20(17)26/h4-13H,3,14H2,1-2H3. The Morgan fingerprint density at radius 2 is 1.83 bits per heavy atom. The first kappa shape index (κ1) is 21.2. The normalized spacial score (nSPS) is 11.1. The van der Waals surface area contributed by atoms with Gasteiger partial charge in [-0.2, -0.15) is 0 Å². The maximum absolute atomic E-state index is 13.9. The van der Waals surface area contributed by atoms with Crippen molar-refractivity contribution in [3.8, 4) is 11.5 Å². The summed E-state index contributed by atoms with van der Waals surface area (Å²) < 4.78 is 25.3. The van der Waals surface area contributed by atoms with Gasteiger partial charge in [-0.25, -0.2) is 4.39 Å². The van der Waals surface area contributed by atoms with Gasteiger partial charge in [0.1, 0.15) is 12.4 Å². The number of halogens is 3. The first-order chi connectivity index (χ1) is 14.0. The van der Waals surface area contributed by atoms with Crippen molar-refractivity contribution in [2.45, 2.75) is 20.5 Å². The van der Waals surface area contributed by atoms with Gasteiger partial charge in [-0.15, -0.1) is 0 Å². The summed E-state index contributed by atoms with van der Waals surface area (Å²) in [5, 5.41) is 0.976. The number of nitrogens with zero attached hydrogens (tertiary/aromatic N) is 1. The fourth-order valence-electron chi connectivity index (χ4n) is 2.70. The SMILES string of the molecule is CCOc1cc(C=Nc2cc(Cl)ccc2C)cc(Cl)c1OCc1ccccc1F. The summed E-state index contributed by atoms with van der Waals surface area (Å²) in [5.74, 6) is 0.510. The van der Waals surface area contributed by atoms with Crippen LogP contribution in [-0.2, 0) is 6.61 Å². The Kier molecular flexibility index (Phi) is 7.13. The van der Waals surface area contributed by atoms with E-state index >= 15 is 0 Å². The van der Waals surface area contributed by atoms with E-state index in [4.69, 9.17) is 32.7 Å². The zero-order valence-electron chi connectivity index (χ0n) is 16.1. The van der Waals surface area contributed by atoms with E-state index < -0.39 is 0 Å². The van der Waals surface area contributed by atoms with Crippen LogP contribution in [0.2, 0.25) is 10.0 Å². The number of aryl methyl sites for hydroxylation is 1. The van der Waals surface area contributed by atoms with Crippen LogP contribution >= 0.6 is 23.2 Å². The largest absolute Gasteiger partial charge is 0.490 e. The Hall–Kier alpha value is -2.56. The Morgan fingerprint density at radius 1 is 1.03 bits per heavy atom. The van der Waals surface area contributed by atoms with E-state index in [1.165, 1.54) is 6.07 Å². The fourth-order valence-corrected chi connectivity index (χ4v) is 3.14. The van der Waals surface area contributed by atoms with Crippen molar-refractivity contribution in [3.63, 3.8) is 0 Å². The summed E-state index contributed by atoms with van der Waals surface area (Å²) in [5.41, 5.74) is 2.96. The molecule has 0 fully saturated rings. The molecule has 150 valence electrons. The predicted octanol–water partition coefficient (Wildman–Crippen LogP) is 7.17. The smallest absolute Gasteiger partial charge is 0.180 e. The van der Waals surface area contributed by atoms with Crippen LogP contribution in [0.3, 0.4) is 0 Å². The summed E-state index contributed by atoms with van der Waals surface area (Å²) in [6.45, 7) is 4.30. The molecule has 0 N–H and O–H groups in total. The van der Waals surface area contributed by atoms with Gasteiger partial charge in [-0.3, -0.25) is 4.99 Å². The zero-order chi connectivity index (χ0) is 20.8. The van der Waals surface area contributed by atoms with E-state index in [0.29, 0.717) is 33.7 Å². The second-order valence-corrected chi connectivity index (χ2v) is 7.18. The molecule has 0 heterocycles. The van der Waals surface area contributed by atoms with Crippen LogP contribution in [0.4, 0.5) is 10.1 Å². The van der Waals surface area contributed by atoms with Gasteiger partial charge < -0.3 is 9.47 Å². The molecule has 0 radical (unpaired) electrons. The maximum Gasteiger partial charge on any atom is 0.180 e. The van der Waals surface area contributed by atoms with Crippen molar-refractivity contribution >= 4 is 35.1 Å². The highest BCUT2D eigenvalue weighted by atomic mass is 35.5. The number of ether oxygens (including phenoxy) is 2. The highest BCUT2D eigenvalue weighted by Gasteiger charge is 2.13. The van der Waals surface area contributed by atoms with E-state index in [1.54, 1.807) is 42.6 Å². The molecule has 3 aromatic rings. The summed E-state index contributed by atoms with van der Waals surface area (Å²) in [7, 11) is 0. The molecule has 0 atom stereocenters. The van der Waals surface area contributed by atoms with Gasteiger partial charge in [0.15, 0.2) is 11.5 Å². The van der Waals surface area contributed by atoms with Crippen LogP contribution in [0.25, 0.3) is 0 Å². The highest BCUT2D eigenvalue weighted by Crippen LogP contribution is 2.37. The Bertz CT molecular complexity index is 1040. The van der Waals surface area contributed by atoms with Crippen LogP contribution in [-0.4, -0.2) is 12.8 Å². The molecular formula is C23H20Cl2FNO2. The first-order valence-corrected chi connectivity index (χ1v) is 9.86. The van der Waals surface area contributed by atoms with Crippen LogP contribution < -0.4 is 9.47 Å². The molecule has 0 aromatic heterocycles. The Labute approximate surface area is 179 Å². The van der Waals surface area contributed by atoms with Crippen molar-refractivity contribution in [3.05, 3.63) is 87.2 Å². The summed E-state index contributed by atoms with van der Waals surface area (Å²) in [4.78, 5) is 4.50. The molecular weight excluding hydrogens is 412 g/mol. The lowest BCUT2D eigenvalue weighted by molar-refractivity contribution is 0.266. The number of hydrogen-bond donors (Lipinski definition) is 0. The van der Waals surface area contributed by atoms with Gasteiger partial charge in [0.05, 0.1) is 17.3 Å². The third kappa shape index (κ3) is 5.49. The summed E-state index contributed by atoms with van der Waals surface area (Å²) >= 11 is 12.5. The lowest BCUT2D eigenvalue weighted by Crippen LogP contribution is -2.02. The van der Waals surface area contributed by atoms with E-state index in [1.807, 2.05) is 26.0 Å². The number of hydrogen-bond acceptors (Lipinski definition) is 3. The predicted molar refractivity (Wildman–Crippen MR) is 117 cm³/mol. The second-order valence-electron chi connectivity index (χ2n) is 6.33. The molecule has 0 aliphatic heterocycles. The lowest BCUT2D eigenvalue weighted by atomic mass is 10.2. The fraction of sp³-hybridized carbons (Fsp3) is 0.174. The van der Waals surface area contributed by atoms with E-state index in [-0.39, 0.29) is 12.4 Å². The quantitative estimate of drug-likeness (QED) is 0.371. The van der Waals surface area contributed by atoms with Crippen molar-refractivity contribution in [1.29, 1.82) is 0 Å². The topological polar surface area (TPSA) is 30.8 Å². The molecule has 6 heteroatoms. The Balaban J connectivity index is 1.86. The van der Waals surface area contributed by atoms with Crippen molar-refractivity contribution < 1.29 is 13.9 Å². The summed E-state index contributed by atoms with van der Waals surface area (Å²) in [6, 6.07) is 15.5. The lowest BCUT2D eigenvalue weighted by Gasteiger charge is -2.14. The molecule has 0 saturated carbocycles. The molecule has 0 unspecified atom stereocenters. The highest BCUT2D eigenvalue weighted by molar-refractivity contribution is 6.32.